The van der Waals surface area contributed by atoms with E-state index in [1.54, 1.807) is 13.2 Å². The summed E-state index contributed by atoms with van der Waals surface area (Å²) in [6.07, 6.45) is 3.37. The fraction of sp³-hybridized carbons (Fsp3) is 0.455. The van der Waals surface area contributed by atoms with Crippen LogP contribution < -0.4 is 16.8 Å². The van der Waals surface area contributed by atoms with E-state index in [1.807, 2.05) is 0 Å². The van der Waals surface area contributed by atoms with E-state index in [9.17, 15) is 4.79 Å². The van der Waals surface area contributed by atoms with Gasteiger partial charge in [0.25, 0.3) is 5.91 Å². The summed E-state index contributed by atoms with van der Waals surface area (Å²) in [7, 11) is 1.67. The highest BCUT2D eigenvalue weighted by atomic mass is 16.5. The largest absolute Gasteiger partial charge is 0.397 e. The summed E-state index contributed by atoms with van der Waals surface area (Å²) < 4.78 is 4.94. The topological polar surface area (TPSA) is 103 Å². The zero-order valence-electron chi connectivity index (χ0n) is 9.90. The number of anilines is 2. The molecule has 0 unspecified atom stereocenters. The average molecular weight is 238 g/mol. The first kappa shape index (κ1) is 13.2. The number of ether oxygens (including phenoxy) is 1. The van der Waals surface area contributed by atoms with Gasteiger partial charge in [0.05, 0.1) is 17.4 Å². The molecule has 0 aliphatic heterocycles. The smallest absolute Gasteiger partial charge is 0.250 e. The first-order valence-corrected chi connectivity index (χ1v) is 5.43. The van der Waals surface area contributed by atoms with Crippen LogP contribution in [0.15, 0.2) is 12.3 Å². The van der Waals surface area contributed by atoms with Gasteiger partial charge in [0, 0.05) is 20.3 Å². The van der Waals surface area contributed by atoms with Crippen LogP contribution in [0.3, 0.4) is 0 Å². The molecule has 0 spiro atoms. The Kier molecular flexibility index (Phi) is 5.22. The van der Waals surface area contributed by atoms with Gasteiger partial charge >= 0.3 is 0 Å². The van der Waals surface area contributed by atoms with E-state index in [-0.39, 0.29) is 0 Å². The number of aromatic nitrogens is 1. The second-order valence-electron chi connectivity index (χ2n) is 3.65. The maximum Gasteiger partial charge on any atom is 0.250 e. The Morgan fingerprint density at radius 3 is 2.94 bits per heavy atom. The molecule has 0 radical (unpaired) electrons. The molecule has 0 saturated carbocycles. The number of nitrogens with one attached hydrogen (secondary N) is 1. The first-order chi connectivity index (χ1) is 8.15. The summed E-state index contributed by atoms with van der Waals surface area (Å²) in [5.41, 5.74) is 11.3. The summed E-state index contributed by atoms with van der Waals surface area (Å²) in [5, 5.41) is 3.10. The maximum absolute atomic E-state index is 11.1. The highest BCUT2D eigenvalue weighted by Crippen LogP contribution is 2.14. The summed E-state index contributed by atoms with van der Waals surface area (Å²) >= 11 is 0. The van der Waals surface area contributed by atoms with E-state index in [0.717, 1.165) is 26.0 Å². The van der Waals surface area contributed by atoms with Gasteiger partial charge in [-0.15, -0.1) is 0 Å². The molecule has 6 nitrogen and oxygen atoms in total. The minimum atomic E-state index is -0.549. The van der Waals surface area contributed by atoms with Crippen molar-refractivity contribution in [2.75, 3.05) is 31.3 Å². The van der Waals surface area contributed by atoms with Gasteiger partial charge in [0.2, 0.25) is 0 Å². The SMILES string of the molecule is COCCCCNc1cc(C(N)=O)c(N)cn1. The van der Waals surface area contributed by atoms with Gasteiger partial charge < -0.3 is 21.5 Å². The molecule has 1 heterocycles. The molecule has 0 aromatic carbocycles. The van der Waals surface area contributed by atoms with Crippen molar-refractivity contribution in [2.45, 2.75) is 12.8 Å². The number of nitrogens with zero attached hydrogens (tertiary/aromatic N) is 1. The molecule has 5 N–H and O–H groups in total. The first-order valence-electron chi connectivity index (χ1n) is 5.43. The van der Waals surface area contributed by atoms with E-state index >= 15 is 0 Å². The second-order valence-corrected chi connectivity index (χ2v) is 3.65. The molecule has 0 aliphatic rings. The van der Waals surface area contributed by atoms with Crippen molar-refractivity contribution < 1.29 is 9.53 Å². The lowest BCUT2D eigenvalue weighted by atomic mass is 10.2. The number of methoxy groups -OCH3 is 1. The number of unbranched alkanes of at least 4 members (excludes halogenated alkanes) is 1. The molecule has 1 rings (SSSR count). The Bertz CT molecular complexity index is 382. The van der Waals surface area contributed by atoms with Crippen LogP contribution in [-0.4, -0.2) is 31.2 Å². The number of primary amides is 1. The van der Waals surface area contributed by atoms with E-state index in [1.165, 1.54) is 6.20 Å². The van der Waals surface area contributed by atoms with Crippen molar-refractivity contribution in [3.63, 3.8) is 0 Å². The van der Waals surface area contributed by atoms with Crippen molar-refractivity contribution in [1.29, 1.82) is 0 Å². The van der Waals surface area contributed by atoms with E-state index < -0.39 is 5.91 Å². The van der Waals surface area contributed by atoms with Crippen LogP contribution in [0.4, 0.5) is 11.5 Å². The minimum Gasteiger partial charge on any atom is -0.397 e. The predicted molar refractivity (Wildman–Crippen MR) is 66.8 cm³/mol. The lowest BCUT2D eigenvalue weighted by molar-refractivity contribution is 0.100. The molecule has 1 aromatic heterocycles. The summed E-state index contributed by atoms with van der Waals surface area (Å²) in [6.45, 7) is 1.50. The monoisotopic (exact) mass is 238 g/mol. The quantitative estimate of drug-likeness (QED) is 0.603. The fourth-order valence-electron chi connectivity index (χ4n) is 1.36. The molecule has 1 amide bonds. The standard InChI is InChI=1S/C11H18N4O2/c1-17-5-3-2-4-14-10-6-8(11(13)16)9(12)7-15-10/h6-7H,2-5,12H2,1H3,(H2,13,16)(H,14,15). The number of carbonyl (C=O) groups excluding carboxylic acids is 1. The Morgan fingerprint density at radius 1 is 1.53 bits per heavy atom. The molecular weight excluding hydrogens is 220 g/mol. The van der Waals surface area contributed by atoms with Crippen molar-refractivity contribution in [3.8, 4) is 0 Å². The molecule has 0 saturated heterocycles. The maximum atomic E-state index is 11.1. The third-order valence-corrected chi connectivity index (χ3v) is 2.28. The fourth-order valence-corrected chi connectivity index (χ4v) is 1.36. The minimum absolute atomic E-state index is 0.291. The number of carbonyl (C=O) groups is 1. The molecule has 0 atom stereocenters. The van der Waals surface area contributed by atoms with Crippen molar-refractivity contribution in [3.05, 3.63) is 17.8 Å². The van der Waals surface area contributed by atoms with Crippen molar-refractivity contribution in [2.24, 2.45) is 5.73 Å². The molecular formula is C11H18N4O2. The second kappa shape index (κ2) is 6.70. The third kappa shape index (κ3) is 4.28. The molecule has 17 heavy (non-hydrogen) atoms. The summed E-state index contributed by atoms with van der Waals surface area (Å²) in [6, 6.07) is 1.56. The molecule has 0 fully saturated rings. The van der Waals surface area contributed by atoms with Gasteiger partial charge in [-0.2, -0.15) is 0 Å². The lowest BCUT2D eigenvalue weighted by Crippen LogP contribution is -2.15. The van der Waals surface area contributed by atoms with Crippen molar-refractivity contribution in [1.82, 2.24) is 4.98 Å². The highest BCUT2D eigenvalue weighted by Gasteiger charge is 2.07. The Hall–Kier alpha value is -1.82. The number of amides is 1. The highest BCUT2D eigenvalue weighted by molar-refractivity contribution is 5.98. The Balaban J connectivity index is 2.49. The van der Waals surface area contributed by atoms with Crippen LogP contribution in [0.5, 0.6) is 0 Å². The van der Waals surface area contributed by atoms with E-state index in [0.29, 0.717) is 17.1 Å². The van der Waals surface area contributed by atoms with Crippen LogP contribution in [0, 0.1) is 0 Å². The third-order valence-electron chi connectivity index (χ3n) is 2.28. The van der Waals surface area contributed by atoms with Gasteiger partial charge in [-0.05, 0) is 18.9 Å². The van der Waals surface area contributed by atoms with Gasteiger partial charge in [0.15, 0.2) is 0 Å². The van der Waals surface area contributed by atoms with Gasteiger partial charge in [-0.1, -0.05) is 0 Å². The van der Waals surface area contributed by atoms with Gasteiger partial charge in [-0.25, -0.2) is 4.98 Å². The Labute approximate surface area is 100 Å². The van der Waals surface area contributed by atoms with E-state index in [2.05, 4.69) is 10.3 Å². The van der Waals surface area contributed by atoms with Crippen LogP contribution in [0.2, 0.25) is 0 Å². The molecule has 94 valence electrons. The number of rotatable bonds is 7. The number of hydrogen-bond acceptors (Lipinski definition) is 5. The van der Waals surface area contributed by atoms with Gasteiger partial charge in [0.1, 0.15) is 5.82 Å². The lowest BCUT2D eigenvalue weighted by Gasteiger charge is -2.07. The number of hydrogen-bond donors (Lipinski definition) is 3. The van der Waals surface area contributed by atoms with Crippen molar-refractivity contribution >= 4 is 17.4 Å². The van der Waals surface area contributed by atoms with Gasteiger partial charge in [-0.3, -0.25) is 4.79 Å². The average Bonchev–Trinajstić information content (AvgIpc) is 2.30. The van der Waals surface area contributed by atoms with E-state index in [4.69, 9.17) is 16.2 Å². The molecule has 6 heteroatoms. The predicted octanol–water partition coefficient (Wildman–Crippen LogP) is 0.601. The summed E-state index contributed by atoms with van der Waals surface area (Å²) in [4.78, 5) is 15.1. The molecule has 0 aliphatic carbocycles. The zero-order valence-corrected chi connectivity index (χ0v) is 9.90. The van der Waals surface area contributed by atoms with Crippen LogP contribution in [0.25, 0.3) is 0 Å². The number of pyridine rings is 1. The van der Waals surface area contributed by atoms with Crippen LogP contribution in [-0.2, 0) is 4.74 Å². The summed E-state index contributed by atoms with van der Waals surface area (Å²) in [5.74, 6) is 0.0535. The molecule has 1 aromatic rings. The van der Waals surface area contributed by atoms with Crippen LogP contribution >= 0.6 is 0 Å². The normalized spacial score (nSPS) is 10.2. The Morgan fingerprint density at radius 2 is 2.29 bits per heavy atom. The number of nitrogens with two attached hydrogens (primary N) is 2. The van der Waals surface area contributed by atoms with Crippen LogP contribution in [0.1, 0.15) is 23.2 Å². The molecule has 0 bridgehead atoms. The number of nitrogen functional groups attached to an aromatic ring is 1. The zero-order chi connectivity index (χ0) is 12.7.